The first-order valence-electron chi connectivity index (χ1n) is 8.34. The standard InChI is InChI=1S/C21H13Cl2IN2O2/c22-13-7-8-14(16(23)10-13)19-18(20(27)12-4-3-9-25-11-12)21(28-26-19)15-5-1-2-6-17(15)24/h1-11,20,27H. The topological polar surface area (TPSA) is 59.2 Å². The molecular weight excluding hydrogens is 510 g/mol. The lowest BCUT2D eigenvalue weighted by Gasteiger charge is -2.13. The van der Waals surface area contributed by atoms with E-state index in [4.69, 9.17) is 27.7 Å². The summed E-state index contributed by atoms with van der Waals surface area (Å²) in [5, 5.41) is 16.4. The van der Waals surface area contributed by atoms with Crippen LogP contribution in [-0.2, 0) is 0 Å². The summed E-state index contributed by atoms with van der Waals surface area (Å²) in [4.78, 5) is 4.11. The van der Waals surface area contributed by atoms with Crippen LogP contribution in [0.2, 0.25) is 10.0 Å². The van der Waals surface area contributed by atoms with Crippen LogP contribution in [0.25, 0.3) is 22.6 Å². The van der Waals surface area contributed by atoms with E-state index < -0.39 is 6.10 Å². The van der Waals surface area contributed by atoms with E-state index in [0.717, 1.165) is 9.13 Å². The minimum atomic E-state index is -0.993. The highest BCUT2D eigenvalue weighted by Crippen LogP contribution is 2.42. The lowest BCUT2D eigenvalue weighted by molar-refractivity contribution is 0.220. The Morgan fingerprint density at radius 2 is 1.82 bits per heavy atom. The lowest BCUT2D eigenvalue weighted by Crippen LogP contribution is -2.03. The summed E-state index contributed by atoms with van der Waals surface area (Å²) >= 11 is 14.7. The summed E-state index contributed by atoms with van der Waals surface area (Å²) in [5.74, 6) is 0.488. The normalized spacial score (nSPS) is 12.1. The van der Waals surface area contributed by atoms with E-state index in [0.29, 0.717) is 38.2 Å². The van der Waals surface area contributed by atoms with Gasteiger partial charge in [0.2, 0.25) is 0 Å². The van der Waals surface area contributed by atoms with E-state index in [1.165, 1.54) is 0 Å². The van der Waals surface area contributed by atoms with E-state index in [2.05, 4.69) is 32.7 Å². The third kappa shape index (κ3) is 3.67. The van der Waals surface area contributed by atoms with Crippen molar-refractivity contribution in [2.24, 2.45) is 0 Å². The Balaban J connectivity index is 1.96. The number of halogens is 3. The Morgan fingerprint density at radius 3 is 2.54 bits per heavy atom. The molecule has 0 spiro atoms. The summed E-state index contributed by atoms with van der Waals surface area (Å²) in [6.07, 6.45) is 2.28. The van der Waals surface area contributed by atoms with Crippen LogP contribution in [0.5, 0.6) is 0 Å². The SMILES string of the molecule is OC(c1cccnc1)c1c(-c2ccc(Cl)cc2Cl)noc1-c1ccccc1I. The van der Waals surface area contributed by atoms with Crippen LogP contribution in [0.15, 0.2) is 71.5 Å². The van der Waals surface area contributed by atoms with Crippen molar-refractivity contribution in [3.05, 3.63) is 91.7 Å². The zero-order valence-corrected chi connectivity index (χ0v) is 18.0. The maximum absolute atomic E-state index is 11.2. The van der Waals surface area contributed by atoms with Gasteiger partial charge in [0, 0.05) is 37.7 Å². The van der Waals surface area contributed by atoms with Gasteiger partial charge in [0.05, 0.1) is 10.6 Å². The first kappa shape index (κ1) is 19.4. The molecule has 28 heavy (non-hydrogen) atoms. The number of benzene rings is 2. The molecule has 0 aliphatic heterocycles. The van der Waals surface area contributed by atoms with Crippen molar-refractivity contribution >= 4 is 45.8 Å². The average molecular weight is 523 g/mol. The van der Waals surface area contributed by atoms with Crippen molar-refractivity contribution in [3.8, 4) is 22.6 Å². The van der Waals surface area contributed by atoms with Crippen LogP contribution in [-0.4, -0.2) is 15.2 Å². The molecule has 1 N–H and O–H groups in total. The smallest absolute Gasteiger partial charge is 0.174 e. The van der Waals surface area contributed by atoms with Crippen molar-refractivity contribution in [2.45, 2.75) is 6.10 Å². The van der Waals surface area contributed by atoms with Gasteiger partial charge in [0.15, 0.2) is 5.76 Å². The van der Waals surface area contributed by atoms with Crippen LogP contribution in [0.1, 0.15) is 17.2 Å². The molecule has 7 heteroatoms. The van der Waals surface area contributed by atoms with Crippen LogP contribution < -0.4 is 0 Å². The van der Waals surface area contributed by atoms with E-state index in [-0.39, 0.29) is 0 Å². The predicted octanol–water partition coefficient (Wildman–Crippen LogP) is 6.40. The number of hydrogen-bond acceptors (Lipinski definition) is 4. The van der Waals surface area contributed by atoms with Gasteiger partial charge in [-0.3, -0.25) is 4.98 Å². The second kappa shape index (κ2) is 8.21. The Labute approximate surface area is 185 Å². The van der Waals surface area contributed by atoms with Crippen LogP contribution in [0, 0.1) is 3.57 Å². The van der Waals surface area contributed by atoms with E-state index >= 15 is 0 Å². The van der Waals surface area contributed by atoms with Crippen molar-refractivity contribution in [1.29, 1.82) is 0 Å². The summed E-state index contributed by atoms with van der Waals surface area (Å²) < 4.78 is 6.69. The molecule has 2 aromatic carbocycles. The van der Waals surface area contributed by atoms with Crippen LogP contribution >= 0.6 is 45.8 Å². The molecule has 4 rings (SSSR count). The Bertz CT molecular complexity index is 1130. The maximum Gasteiger partial charge on any atom is 0.174 e. The van der Waals surface area contributed by atoms with Gasteiger partial charge in [-0.1, -0.05) is 52.6 Å². The van der Waals surface area contributed by atoms with Crippen LogP contribution in [0.4, 0.5) is 0 Å². The fourth-order valence-corrected chi connectivity index (χ4v) is 4.10. The monoisotopic (exact) mass is 522 g/mol. The molecule has 0 radical (unpaired) electrons. The largest absolute Gasteiger partial charge is 0.383 e. The molecule has 2 heterocycles. The van der Waals surface area contributed by atoms with Crippen molar-refractivity contribution in [3.63, 3.8) is 0 Å². The maximum atomic E-state index is 11.2. The summed E-state index contributed by atoms with van der Waals surface area (Å²) in [6, 6.07) is 16.4. The minimum Gasteiger partial charge on any atom is -0.383 e. The molecule has 140 valence electrons. The fourth-order valence-electron chi connectivity index (χ4n) is 2.97. The second-order valence-corrected chi connectivity index (χ2v) is 8.07. The van der Waals surface area contributed by atoms with E-state index in [1.54, 1.807) is 42.7 Å². The summed E-state index contributed by atoms with van der Waals surface area (Å²) in [7, 11) is 0. The minimum absolute atomic E-state index is 0.426. The number of aliphatic hydroxyl groups is 1. The van der Waals surface area contributed by atoms with Crippen molar-refractivity contribution in [1.82, 2.24) is 10.1 Å². The molecule has 2 aromatic heterocycles. The second-order valence-electron chi connectivity index (χ2n) is 6.07. The quantitative estimate of drug-likeness (QED) is 0.315. The number of nitrogens with zero attached hydrogens (tertiary/aromatic N) is 2. The van der Waals surface area contributed by atoms with Gasteiger partial charge < -0.3 is 9.63 Å². The predicted molar refractivity (Wildman–Crippen MR) is 118 cm³/mol. The van der Waals surface area contributed by atoms with Gasteiger partial charge >= 0.3 is 0 Å². The van der Waals surface area contributed by atoms with Crippen molar-refractivity contribution < 1.29 is 9.63 Å². The molecule has 0 bridgehead atoms. The van der Waals surface area contributed by atoms with E-state index in [9.17, 15) is 5.11 Å². The van der Waals surface area contributed by atoms with Gasteiger partial charge in [-0.05, 0) is 52.9 Å². The first-order valence-corrected chi connectivity index (χ1v) is 10.2. The number of pyridine rings is 1. The average Bonchev–Trinajstić information content (AvgIpc) is 3.13. The molecule has 1 atom stereocenters. The first-order chi connectivity index (χ1) is 13.6. The van der Waals surface area contributed by atoms with Gasteiger partial charge in [-0.15, -0.1) is 0 Å². The zero-order chi connectivity index (χ0) is 19.7. The third-order valence-electron chi connectivity index (χ3n) is 4.31. The van der Waals surface area contributed by atoms with Gasteiger partial charge in [-0.2, -0.15) is 0 Å². The molecular formula is C21H13Cl2IN2O2. The highest BCUT2D eigenvalue weighted by molar-refractivity contribution is 14.1. The molecule has 0 fully saturated rings. The summed E-state index contributed by atoms with van der Waals surface area (Å²) in [5.41, 5.74) is 3.09. The zero-order valence-electron chi connectivity index (χ0n) is 14.3. The molecule has 0 amide bonds. The molecule has 4 nitrogen and oxygen atoms in total. The molecule has 0 saturated carbocycles. The summed E-state index contributed by atoms with van der Waals surface area (Å²) in [6.45, 7) is 0. The Hall–Kier alpha value is -1.93. The highest BCUT2D eigenvalue weighted by atomic mass is 127. The number of aliphatic hydroxyl groups excluding tert-OH is 1. The number of aromatic nitrogens is 2. The van der Waals surface area contributed by atoms with Gasteiger partial charge in [0.1, 0.15) is 11.8 Å². The van der Waals surface area contributed by atoms with Gasteiger partial charge in [0.25, 0.3) is 0 Å². The number of rotatable bonds is 4. The third-order valence-corrected chi connectivity index (χ3v) is 5.79. The van der Waals surface area contributed by atoms with Gasteiger partial charge in [-0.25, -0.2) is 0 Å². The molecule has 4 aromatic rings. The highest BCUT2D eigenvalue weighted by Gasteiger charge is 2.28. The van der Waals surface area contributed by atoms with E-state index in [1.807, 2.05) is 24.3 Å². The Kier molecular flexibility index (Phi) is 5.68. The lowest BCUT2D eigenvalue weighted by atomic mass is 9.95. The molecule has 1 unspecified atom stereocenters. The molecule has 0 aliphatic carbocycles. The molecule has 0 saturated heterocycles. The fraction of sp³-hybridized carbons (Fsp3) is 0.0476. The number of hydrogen-bond donors (Lipinski definition) is 1. The van der Waals surface area contributed by atoms with Crippen molar-refractivity contribution in [2.75, 3.05) is 0 Å². The van der Waals surface area contributed by atoms with Crippen LogP contribution in [0.3, 0.4) is 0 Å². The Morgan fingerprint density at radius 1 is 1.00 bits per heavy atom. The molecule has 0 aliphatic rings.